The first-order chi connectivity index (χ1) is 2.50. The number of rotatable bonds is 0. The Balaban J connectivity index is -0.0000000833. The summed E-state index contributed by atoms with van der Waals surface area (Å²) in [6.45, 7) is 0. The standard InChI is InChI=1S/C4H4N.2BrH.Rh/c1-2-4-5-3-1;;;/h1-3,5H;2*1H;/q-1;;;+3/p-2. The van der Waals surface area contributed by atoms with E-state index in [0.717, 1.165) is 0 Å². The second-order valence-electron chi connectivity index (χ2n) is 0.814. The van der Waals surface area contributed by atoms with Crippen LogP contribution in [0.25, 0.3) is 0 Å². The van der Waals surface area contributed by atoms with Crippen LogP contribution < -0.4 is 34.0 Å². The maximum atomic E-state index is 2.74. The summed E-state index contributed by atoms with van der Waals surface area (Å²) in [5, 5.41) is 0. The Hall–Kier alpha value is 0.863. The van der Waals surface area contributed by atoms with Gasteiger partial charge in [-0.2, -0.15) is 18.3 Å². The molecule has 0 spiro atoms. The molecule has 1 aromatic heterocycles. The third-order valence-corrected chi connectivity index (χ3v) is 0.442. The molecule has 1 aromatic rings. The molecule has 0 aliphatic carbocycles. The minimum atomic E-state index is 0. The van der Waals surface area contributed by atoms with E-state index in [-0.39, 0.29) is 53.4 Å². The first-order valence-corrected chi connectivity index (χ1v) is 1.49. The van der Waals surface area contributed by atoms with E-state index in [9.17, 15) is 0 Å². The van der Waals surface area contributed by atoms with Gasteiger partial charge >= 0.3 is 19.5 Å². The molecule has 0 aliphatic heterocycles. The zero-order chi connectivity index (χ0) is 3.54. The summed E-state index contributed by atoms with van der Waals surface area (Å²) in [6, 6.07) is 3.71. The molecule has 0 fully saturated rings. The topological polar surface area (TPSA) is 15.8 Å². The van der Waals surface area contributed by atoms with Gasteiger partial charge in [-0.3, -0.25) is 0 Å². The predicted octanol–water partition coefficient (Wildman–Crippen LogP) is -5.18. The zero-order valence-electron chi connectivity index (χ0n) is 3.82. The van der Waals surface area contributed by atoms with Crippen LogP contribution in [0.4, 0.5) is 0 Å². The van der Waals surface area contributed by atoms with Crippen LogP contribution >= 0.6 is 0 Å². The van der Waals surface area contributed by atoms with Crippen molar-refractivity contribution in [3.8, 4) is 0 Å². The molecule has 1 N–H and O–H groups in total. The molecular formula is C4H4Br2NRh. The molecule has 0 aromatic carbocycles. The van der Waals surface area contributed by atoms with Gasteiger partial charge in [0.2, 0.25) is 0 Å². The minimum Gasteiger partial charge on any atom is -1.00 e. The van der Waals surface area contributed by atoms with E-state index in [1.54, 1.807) is 0 Å². The summed E-state index contributed by atoms with van der Waals surface area (Å²) in [7, 11) is 0. The maximum absolute atomic E-state index is 2.74. The Morgan fingerprint density at radius 3 is 2.00 bits per heavy atom. The van der Waals surface area contributed by atoms with E-state index in [1.165, 1.54) is 0 Å². The number of hydrogen-bond acceptors (Lipinski definition) is 0. The van der Waals surface area contributed by atoms with Crippen LogP contribution in [0.5, 0.6) is 0 Å². The van der Waals surface area contributed by atoms with Crippen molar-refractivity contribution in [1.82, 2.24) is 4.98 Å². The van der Waals surface area contributed by atoms with Crippen molar-refractivity contribution in [3.63, 3.8) is 0 Å². The normalized spacial score (nSPS) is 5.00. The van der Waals surface area contributed by atoms with Crippen LogP contribution in [0.3, 0.4) is 0 Å². The van der Waals surface area contributed by atoms with Crippen LogP contribution in [0, 0.1) is 6.20 Å². The summed E-state index contributed by atoms with van der Waals surface area (Å²) in [5.74, 6) is 0. The van der Waals surface area contributed by atoms with Crippen LogP contribution in [0.1, 0.15) is 0 Å². The fourth-order valence-corrected chi connectivity index (χ4v) is 0.241. The molecule has 1 nitrogen and oxygen atoms in total. The van der Waals surface area contributed by atoms with Crippen molar-refractivity contribution in [2.75, 3.05) is 0 Å². The summed E-state index contributed by atoms with van der Waals surface area (Å²) in [5.41, 5.74) is 0. The van der Waals surface area contributed by atoms with Gasteiger partial charge in [0.15, 0.2) is 0 Å². The van der Waals surface area contributed by atoms with Gasteiger partial charge in [-0.05, 0) is 0 Å². The zero-order valence-corrected chi connectivity index (χ0v) is 8.63. The molecule has 4 heteroatoms. The summed E-state index contributed by atoms with van der Waals surface area (Å²) < 4.78 is 0. The van der Waals surface area contributed by atoms with Crippen molar-refractivity contribution in [2.45, 2.75) is 0 Å². The van der Waals surface area contributed by atoms with Gasteiger partial charge in [0.05, 0.1) is 0 Å². The molecule has 8 heavy (non-hydrogen) atoms. The van der Waals surface area contributed by atoms with E-state index in [0.29, 0.717) is 0 Å². The van der Waals surface area contributed by atoms with Crippen molar-refractivity contribution in [1.29, 1.82) is 0 Å². The van der Waals surface area contributed by atoms with Gasteiger partial charge in [-0.25, -0.2) is 0 Å². The fourth-order valence-electron chi connectivity index (χ4n) is 0.241. The Bertz CT molecular complexity index is 70.5. The number of halogens is 2. The van der Waals surface area contributed by atoms with Crippen molar-refractivity contribution in [3.05, 3.63) is 24.5 Å². The largest absolute Gasteiger partial charge is 3.00 e. The number of hydrogen-bond donors (Lipinski definition) is 1. The van der Waals surface area contributed by atoms with E-state index >= 15 is 0 Å². The molecule has 48 valence electrons. The van der Waals surface area contributed by atoms with E-state index < -0.39 is 0 Å². The molecule has 0 saturated heterocycles. The van der Waals surface area contributed by atoms with Gasteiger partial charge in [-0.15, -0.1) is 6.20 Å². The van der Waals surface area contributed by atoms with E-state index in [1.807, 2.05) is 18.3 Å². The van der Waals surface area contributed by atoms with Crippen molar-refractivity contribution < 1.29 is 53.4 Å². The minimum absolute atomic E-state index is 0. The molecule has 0 radical (unpaired) electrons. The van der Waals surface area contributed by atoms with Crippen LogP contribution in [0.2, 0.25) is 0 Å². The first kappa shape index (κ1) is 15.9. The molecule has 0 aliphatic rings. The first-order valence-electron chi connectivity index (χ1n) is 1.49. The van der Waals surface area contributed by atoms with Gasteiger partial charge in [0.25, 0.3) is 0 Å². The van der Waals surface area contributed by atoms with Gasteiger partial charge in [-0.1, -0.05) is 0 Å². The Morgan fingerprint density at radius 1 is 1.25 bits per heavy atom. The smallest absolute Gasteiger partial charge is 1.00 e. The molecule has 0 saturated carbocycles. The summed E-state index contributed by atoms with van der Waals surface area (Å²) in [4.78, 5) is 2.74. The number of nitrogens with one attached hydrogen (secondary N) is 1. The summed E-state index contributed by atoms with van der Waals surface area (Å²) >= 11 is 0. The monoisotopic (exact) mass is 327 g/mol. The Morgan fingerprint density at radius 2 is 1.88 bits per heavy atom. The van der Waals surface area contributed by atoms with E-state index in [2.05, 4.69) is 11.2 Å². The summed E-state index contributed by atoms with van der Waals surface area (Å²) in [6.07, 6.45) is 4.56. The molecule has 1 heterocycles. The molecular weight excluding hydrogens is 325 g/mol. The fraction of sp³-hybridized carbons (Fsp3) is 0. The third-order valence-electron chi connectivity index (χ3n) is 0.442. The number of aromatic nitrogens is 1. The Labute approximate surface area is 82.5 Å². The number of H-pyrrole nitrogens is 1. The van der Waals surface area contributed by atoms with Crippen LogP contribution in [0.15, 0.2) is 18.3 Å². The second kappa shape index (κ2) is 10.8. The van der Waals surface area contributed by atoms with Crippen molar-refractivity contribution in [2.24, 2.45) is 0 Å². The van der Waals surface area contributed by atoms with Crippen LogP contribution in [-0.4, -0.2) is 4.98 Å². The SMILES string of the molecule is [Br-].[Br-].[Rh+3].[c-]1ccc[nH]1. The molecule has 0 atom stereocenters. The quantitative estimate of drug-likeness (QED) is 0.362. The van der Waals surface area contributed by atoms with Crippen LogP contribution in [-0.2, 0) is 19.5 Å². The van der Waals surface area contributed by atoms with Gasteiger partial charge in [0, 0.05) is 0 Å². The average Bonchev–Trinajstić information content (AvgIpc) is 1.76. The Kier molecular flexibility index (Phi) is 21.5. The molecule has 1 rings (SSSR count). The second-order valence-corrected chi connectivity index (χ2v) is 0.814. The average molecular weight is 329 g/mol. The van der Waals surface area contributed by atoms with Gasteiger partial charge < -0.3 is 38.9 Å². The molecule has 0 amide bonds. The van der Waals surface area contributed by atoms with E-state index in [4.69, 9.17) is 0 Å². The van der Waals surface area contributed by atoms with Gasteiger partial charge in [0.1, 0.15) is 0 Å². The number of aromatic amines is 1. The molecule has 0 bridgehead atoms. The third kappa shape index (κ3) is 6.86. The predicted molar refractivity (Wildman–Crippen MR) is 19.6 cm³/mol. The molecule has 0 unspecified atom stereocenters. The van der Waals surface area contributed by atoms with Crippen molar-refractivity contribution >= 4 is 0 Å². The maximum Gasteiger partial charge on any atom is 3.00 e.